The molecule has 0 atom stereocenters. The van der Waals surface area contributed by atoms with E-state index >= 15 is 0 Å². The molecule has 0 aromatic heterocycles. The molecule has 1 N–H and O–H groups in total. The van der Waals surface area contributed by atoms with Crippen molar-refractivity contribution in [1.29, 1.82) is 0 Å². The molecule has 2 nitrogen and oxygen atoms in total. The molecule has 94 valence electrons. The topological polar surface area (TPSA) is 15.3 Å². The SMILES string of the molecule is Fc1cccc(Cl)c1CN1CCCNCCC1. The van der Waals surface area contributed by atoms with Crippen LogP contribution in [-0.2, 0) is 6.54 Å². The van der Waals surface area contributed by atoms with Crippen LogP contribution in [0.15, 0.2) is 18.2 Å². The van der Waals surface area contributed by atoms with Crippen molar-refractivity contribution in [2.45, 2.75) is 19.4 Å². The molecule has 1 saturated heterocycles. The van der Waals surface area contributed by atoms with E-state index in [1.165, 1.54) is 6.07 Å². The van der Waals surface area contributed by atoms with Gasteiger partial charge in [-0.25, -0.2) is 4.39 Å². The molecule has 1 aliphatic heterocycles. The molecule has 0 amide bonds. The molecule has 1 aromatic carbocycles. The van der Waals surface area contributed by atoms with E-state index in [2.05, 4.69) is 10.2 Å². The van der Waals surface area contributed by atoms with Crippen molar-refractivity contribution in [3.8, 4) is 0 Å². The van der Waals surface area contributed by atoms with E-state index in [0.717, 1.165) is 39.0 Å². The molecular weight excluding hydrogens is 239 g/mol. The number of nitrogens with zero attached hydrogens (tertiary/aromatic N) is 1. The molecule has 1 aromatic rings. The molecule has 0 unspecified atom stereocenters. The molecular formula is C13H18ClFN2. The largest absolute Gasteiger partial charge is 0.317 e. The second-order valence-electron chi connectivity index (χ2n) is 4.43. The summed E-state index contributed by atoms with van der Waals surface area (Å²) in [5.41, 5.74) is 0.627. The van der Waals surface area contributed by atoms with Crippen LogP contribution in [-0.4, -0.2) is 31.1 Å². The fraction of sp³-hybridized carbons (Fsp3) is 0.538. The maximum Gasteiger partial charge on any atom is 0.129 e. The monoisotopic (exact) mass is 256 g/mol. The van der Waals surface area contributed by atoms with Crippen LogP contribution in [0.5, 0.6) is 0 Å². The number of nitrogens with one attached hydrogen (secondary N) is 1. The zero-order valence-corrected chi connectivity index (χ0v) is 10.6. The minimum Gasteiger partial charge on any atom is -0.317 e. The van der Waals surface area contributed by atoms with Gasteiger partial charge >= 0.3 is 0 Å². The van der Waals surface area contributed by atoms with Gasteiger partial charge in [-0.15, -0.1) is 0 Å². The summed E-state index contributed by atoms with van der Waals surface area (Å²) in [5, 5.41) is 3.90. The Morgan fingerprint density at radius 2 is 1.94 bits per heavy atom. The highest BCUT2D eigenvalue weighted by molar-refractivity contribution is 6.31. The second kappa shape index (κ2) is 6.34. The van der Waals surface area contributed by atoms with Gasteiger partial charge in [0.25, 0.3) is 0 Å². The maximum absolute atomic E-state index is 13.7. The van der Waals surface area contributed by atoms with Crippen molar-refractivity contribution in [2.75, 3.05) is 26.2 Å². The van der Waals surface area contributed by atoms with E-state index in [1.807, 2.05) is 0 Å². The van der Waals surface area contributed by atoms with Crippen molar-refractivity contribution in [1.82, 2.24) is 10.2 Å². The molecule has 0 aliphatic carbocycles. The van der Waals surface area contributed by atoms with Crippen LogP contribution in [0.4, 0.5) is 4.39 Å². The van der Waals surface area contributed by atoms with Crippen LogP contribution < -0.4 is 5.32 Å². The highest BCUT2D eigenvalue weighted by Crippen LogP contribution is 2.21. The second-order valence-corrected chi connectivity index (χ2v) is 4.84. The molecule has 2 rings (SSSR count). The van der Waals surface area contributed by atoms with Crippen molar-refractivity contribution in [2.24, 2.45) is 0 Å². The fourth-order valence-corrected chi connectivity index (χ4v) is 2.38. The van der Waals surface area contributed by atoms with Crippen LogP contribution >= 0.6 is 11.6 Å². The zero-order valence-electron chi connectivity index (χ0n) is 9.88. The highest BCUT2D eigenvalue weighted by atomic mass is 35.5. The van der Waals surface area contributed by atoms with Crippen molar-refractivity contribution in [3.05, 3.63) is 34.6 Å². The van der Waals surface area contributed by atoms with Gasteiger partial charge in [-0.2, -0.15) is 0 Å². The predicted molar refractivity (Wildman–Crippen MR) is 68.8 cm³/mol. The van der Waals surface area contributed by atoms with Crippen LogP contribution in [0, 0.1) is 5.82 Å². The van der Waals surface area contributed by atoms with Gasteiger partial charge in [0.2, 0.25) is 0 Å². The summed E-state index contributed by atoms with van der Waals surface area (Å²) < 4.78 is 13.7. The van der Waals surface area contributed by atoms with Crippen LogP contribution in [0.2, 0.25) is 5.02 Å². The summed E-state index contributed by atoms with van der Waals surface area (Å²) in [5.74, 6) is -0.197. The van der Waals surface area contributed by atoms with E-state index < -0.39 is 0 Å². The van der Waals surface area contributed by atoms with Crippen LogP contribution in [0.3, 0.4) is 0 Å². The first kappa shape index (κ1) is 12.8. The van der Waals surface area contributed by atoms with E-state index in [4.69, 9.17) is 11.6 Å². The average molecular weight is 257 g/mol. The molecule has 1 aliphatic rings. The van der Waals surface area contributed by atoms with Gasteiger partial charge < -0.3 is 5.32 Å². The average Bonchev–Trinajstić information content (AvgIpc) is 2.26. The van der Waals surface area contributed by atoms with Gasteiger partial charge in [0.15, 0.2) is 0 Å². The Kier molecular flexibility index (Phi) is 4.77. The Hall–Kier alpha value is -0.640. The lowest BCUT2D eigenvalue weighted by Gasteiger charge is -2.25. The van der Waals surface area contributed by atoms with E-state index in [9.17, 15) is 4.39 Å². The van der Waals surface area contributed by atoms with Crippen molar-refractivity contribution < 1.29 is 4.39 Å². The van der Waals surface area contributed by atoms with E-state index in [0.29, 0.717) is 17.1 Å². The third-order valence-corrected chi connectivity index (χ3v) is 3.45. The van der Waals surface area contributed by atoms with Gasteiger partial charge in [-0.3, -0.25) is 4.90 Å². The Bertz CT molecular complexity index is 342. The first-order valence-electron chi connectivity index (χ1n) is 6.13. The van der Waals surface area contributed by atoms with Gasteiger partial charge in [-0.1, -0.05) is 17.7 Å². The molecule has 0 spiro atoms. The molecule has 0 radical (unpaired) electrons. The molecule has 0 saturated carbocycles. The van der Waals surface area contributed by atoms with E-state index in [-0.39, 0.29) is 5.82 Å². The number of rotatable bonds is 2. The number of hydrogen-bond donors (Lipinski definition) is 1. The molecule has 1 heterocycles. The lowest BCUT2D eigenvalue weighted by Crippen LogP contribution is -2.33. The smallest absolute Gasteiger partial charge is 0.129 e. The van der Waals surface area contributed by atoms with Crippen LogP contribution in [0.1, 0.15) is 18.4 Å². The van der Waals surface area contributed by atoms with Gasteiger partial charge in [0.05, 0.1) is 0 Å². The van der Waals surface area contributed by atoms with Gasteiger partial charge in [0.1, 0.15) is 5.82 Å². The minimum atomic E-state index is -0.197. The number of halogens is 2. The minimum absolute atomic E-state index is 0.197. The predicted octanol–water partition coefficient (Wildman–Crippen LogP) is 2.66. The Labute approximate surface area is 107 Å². The third kappa shape index (κ3) is 3.66. The lowest BCUT2D eigenvalue weighted by atomic mass is 10.1. The summed E-state index contributed by atoms with van der Waals surface area (Å²) in [6, 6.07) is 4.89. The number of hydrogen-bond acceptors (Lipinski definition) is 2. The van der Waals surface area contributed by atoms with Gasteiger partial charge in [0, 0.05) is 17.1 Å². The quantitative estimate of drug-likeness (QED) is 0.875. The molecule has 4 heteroatoms. The lowest BCUT2D eigenvalue weighted by molar-refractivity contribution is 0.242. The normalized spacial score (nSPS) is 18.7. The van der Waals surface area contributed by atoms with Crippen LogP contribution in [0.25, 0.3) is 0 Å². The number of benzene rings is 1. The summed E-state index contributed by atoms with van der Waals surface area (Å²) in [7, 11) is 0. The summed E-state index contributed by atoms with van der Waals surface area (Å²) in [6.45, 7) is 4.70. The summed E-state index contributed by atoms with van der Waals surface area (Å²) in [6.07, 6.45) is 2.21. The Morgan fingerprint density at radius 1 is 1.24 bits per heavy atom. The van der Waals surface area contributed by atoms with Gasteiger partial charge in [-0.05, 0) is 51.2 Å². The molecule has 17 heavy (non-hydrogen) atoms. The Morgan fingerprint density at radius 3 is 2.59 bits per heavy atom. The van der Waals surface area contributed by atoms with Crippen molar-refractivity contribution >= 4 is 11.6 Å². The maximum atomic E-state index is 13.7. The first-order valence-corrected chi connectivity index (χ1v) is 6.51. The van der Waals surface area contributed by atoms with Crippen molar-refractivity contribution in [3.63, 3.8) is 0 Å². The summed E-state index contributed by atoms with van der Waals surface area (Å²) in [4.78, 5) is 2.28. The molecule has 0 bridgehead atoms. The molecule has 1 fully saturated rings. The first-order chi connectivity index (χ1) is 8.27. The summed E-state index contributed by atoms with van der Waals surface area (Å²) >= 11 is 6.04. The third-order valence-electron chi connectivity index (χ3n) is 3.10. The van der Waals surface area contributed by atoms with E-state index in [1.54, 1.807) is 12.1 Å². The fourth-order valence-electron chi connectivity index (χ4n) is 2.16. The Balaban J connectivity index is 2.03. The highest BCUT2D eigenvalue weighted by Gasteiger charge is 2.13. The zero-order chi connectivity index (χ0) is 12.1. The standard InChI is InChI=1S/C13H18ClFN2/c14-12-4-1-5-13(15)11(12)10-17-8-2-6-16-7-3-9-17/h1,4-5,16H,2-3,6-10H2.